The van der Waals surface area contributed by atoms with Crippen LogP contribution in [-0.2, 0) is 16.0 Å². The molecule has 0 radical (unpaired) electrons. The van der Waals surface area contributed by atoms with Crippen LogP contribution in [0.2, 0.25) is 0 Å². The summed E-state index contributed by atoms with van der Waals surface area (Å²) < 4.78 is 4.60. The highest BCUT2D eigenvalue weighted by Gasteiger charge is 2.29. The van der Waals surface area contributed by atoms with Gasteiger partial charge in [0.25, 0.3) is 0 Å². The lowest BCUT2D eigenvalue weighted by molar-refractivity contribution is -0.146. The van der Waals surface area contributed by atoms with Crippen molar-refractivity contribution in [3.05, 3.63) is 30.1 Å². The molecule has 0 bridgehead atoms. The normalized spacial score (nSPS) is 14.5. The highest BCUT2D eigenvalue weighted by molar-refractivity contribution is 5.80. The number of pyridine rings is 1. The monoisotopic (exact) mass is 194 g/mol. The number of hydrogen-bond donors (Lipinski definition) is 1. The summed E-state index contributed by atoms with van der Waals surface area (Å²) in [5.41, 5.74) is 5.56. The summed E-state index contributed by atoms with van der Waals surface area (Å²) in [6.07, 6.45) is 2.04. The Morgan fingerprint density at radius 1 is 1.64 bits per heavy atom. The number of carbonyl (C=O) groups excluding carboxylic acids is 1. The Hall–Kier alpha value is -1.42. The molecule has 0 aliphatic carbocycles. The van der Waals surface area contributed by atoms with E-state index in [0.717, 1.165) is 5.69 Å². The molecule has 76 valence electrons. The maximum atomic E-state index is 11.3. The van der Waals surface area contributed by atoms with E-state index in [-0.39, 0.29) is 0 Å². The van der Waals surface area contributed by atoms with E-state index in [0.29, 0.717) is 6.42 Å². The van der Waals surface area contributed by atoms with Gasteiger partial charge in [-0.15, -0.1) is 0 Å². The van der Waals surface area contributed by atoms with Crippen molar-refractivity contribution in [3.8, 4) is 0 Å². The molecule has 1 aromatic rings. The Morgan fingerprint density at radius 3 is 2.86 bits per heavy atom. The predicted octanol–water partition coefficient (Wildman–Crippen LogP) is 0.514. The van der Waals surface area contributed by atoms with E-state index < -0.39 is 11.5 Å². The van der Waals surface area contributed by atoms with Crippen molar-refractivity contribution in [1.29, 1.82) is 0 Å². The Labute approximate surface area is 83.1 Å². The molecule has 1 heterocycles. The van der Waals surface area contributed by atoms with Crippen LogP contribution in [0.4, 0.5) is 0 Å². The molecule has 1 aromatic heterocycles. The highest BCUT2D eigenvalue weighted by Crippen LogP contribution is 2.09. The molecule has 0 aliphatic heterocycles. The number of esters is 1. The second-order valence-corrected chi connectivity index (χ2v) is 3.41. The molecule has 14 heavy (non-hydrogen) atoms. The third-order valence-electron chi connectivity index (χ3n) is 1.93. The lowest BCUT2D eigenvalue weighted by atomic mass is 9.97. The van der Waals surface area contributed by atoms with Gasteiger partial charge in [-0.3, -0.25) is 9.78 Å². The van der Waals surface area contributed by atoms with Gasteiger partial charge in [-0.25, -0.2) is 0 Å². The average Bonchev–Trinajstić information content (AvgIpc) is 2.17. The number of nitrogens with zero attached hydrogens (tertiary/aromatic N) is 1. The van der Waals surface area contributed by atoms with Crippen LogP contribution in [0, 0.1) is 0 Å². The zero-order valence-corrected chi connectivity index (χ0v) is 8.36. The van der Waals surface area contributed by atoms with Crippen LogP contribution in [0.5, 0.6) is 0 Å². The van der Waals surface area contributed by atoms with E-state index in [9.17, 15) is 4.79 Å². The molecule has 0 saturated heterocycles. The summed E-state index contributed by atoms with van der Waals surface area (Å²) in [4.78, 5) is 15.4. The second-order valence-electron chi connectivity index (χ2n) is 3.41. The first-order chi connectivity index (χ1) is 6.56. The van der Waals surface area contributed by atoms with Gasteiger partial charge in [0.15, 0.2) is 0 Å². The molecule has 0 spiro atoms. The van der Waals surface area contributed by atoms with Crippen LogP contribution in [0.1, 0.15) is 12.6 Å². The van der Waals surface area contributed by atoms with Gasteiger partial charge >= 0.3 is 5.97 Å². The van der Waals surface area contributed by atoms with Crippen LogP contribution in [0.3, 0.4) is 0 Å². The summed E-state index contributed by atoms with van der Waals surface area (Å²) in [6.45, 7) is 1.63. The number of carbonyl (C=O) groups is 1. The van der Waals surface area contributed by atoms with Gasteiger partial charge in [0.2, 0.25) is 0 Å². The van der Waals surface area contributed by atoms with Gasteiger partial charge in [-0.1, -0.05) is 6.07 Å². The molecule has 2 N–H and O–H groups in total. The van der Waals surface area contributed by atoms with E-state index in [1.165, 1.54) is 7.11 Å². The zero-order valence-electron chi connectivity index (χ0n) is 8.36. The van der Waals surface area contributed by atoms with Gasteiger partial charge in [0, 0.05) is 18.3 Å². The van der Waals surface area contributed by atoms with E-state index in [1.54, 1.807) is 13.1 Å². The Balaban J connectivity index is 2.73. The number of rotatable bonds is 3. The average molecular weight is 194 g/mol. The molecule has 1 atom stereocenters. The van der Waals surface area contributed by atoms with Gasteiger partial charge in [-0.2, -0.15) is 0 Å². The van der Waals surface area contributed by atoms with Crippen molar-refractivity contribution in [2.45, 2.75) is 18.9 Å². The molecule has 0 aliphatic rings. The van der Waals surface area contributed by atoms with Crippen LogP contribution in [-0.4, -0.2) is 23.6 Å². The molecule has 1 rings (SSSR count). The third kappa shape index (κ3) is 2.53. The van der Waals surface area contributed by atoms with Crippen LogP contribution in [0.15, 0.2) is 24.4 Å². The number of ether oxygens (including phenoxy) is 1. The summed E-state index contributed by atoms with van der Waals surface area (Å²) in [6, 6.07) is 5.50. The van der Waals surface area contributed by atoms with E-state index in [4.69, 9.17) is 5.73 Å². The van der Waals surface area contributed by atoms with Gasteiger partial charge < -0.3 is 10.5 Å². The fourth-order valence-corrected chi connectivity index (χ4v) is 1.18. The van der Waals surface area contributed by atoms with E-state index in [1.807, 2.05) is 18.2 Å². The Kier molecular flexibility index (Phi) is 3.19. The minimum atomic E-state index is -1.01. The Bertz CT molecular complexity index is 309. The topological polar surface area (TPSA) is 65.2 Å². The first-order valence-corrected chi connectivity index (χ1v) is 4.33. The standard InChI is InChI=1S/C10H14N2O2/c1-10(11,9(13)14-2)7-8-5-3-4-6-12-8/h3-6H,7,11H2,1-2H3. The smallest absolute Gasteiger partial charge is 0.325 e. The van der Waals surface area contributed by atoms with Crippen molar-refractivity contribution < 1.29 is 9.53 Å². The maximum absolute atomic E-state index is 11.3. The number of hydrogen-bond acceptors (Lipinski definition) is 4. The molecular formula is C10H14N2O2. The van der Waals surface area contributed by atoms with Crippen molar-refractivity contribution in [1.82, 2.24) is 4.98 Å². The van der Waals surface area contributed by atoms with Crippen molar-refractivity contribution in [3.63, 3.8) is 0 Å². The van der Waals surface area contributed by atoms with Gasteiger partial charge in [0.05, 0.1) is 7.11 Å². The van der Waals surface area contributed by atoms with Crippen LogP contribution in [0.25, 0.3) is 0 Å². The summed E-state index contributed by atoms with van der Waals surface area (Å²) >= 11 is 0. The fraction of sp³-hybridized carbons (Fsp3) is 0.400. The molecule has 0 fully saturated rings. The predicted molar refractivity (Wildman–Crippen MR) is 52.5 cm³/mol. The largest absolute Gasteiger partial charge is 0.468 e. The van der Waals surface area contributed by atoms with Crippen LogP contribution < -0.4 is 5.73 Å². The van der Waals surface area contributed by atoms with Crippen molar-refractivity contribution in [2.24, 2.45) is 5.73 Å². The quantitative estimate of drug-likeness (QED) is 0.712. The minimum absolute atomic E-state index is 0.376. The lowest BCUT2D eigenvalue weighted by Crippen LogP contribution is -2.47. The van der Waals surface area contributed by atoms with Crippen molar-refractivity contribution >= 4 is 5.97 Å². The lowest BCUT2D eigenvalue weighted by Gasteiger charge is -2.20. The fourth-order valence-electron chi connectivity index (χ4n) is 1.18. The first-order valence-electron chi connectivity index (χ1n) is 4.33. The van der Waals surface area contributed by atoms with E-state index >= 15 is 0 Å². The van der Waals surface area contributed by atoms with E-state index in [2.05, 4.69) is 9.72 Å². The number of nitrogens with two attached hydrogens (primary N) is 1. The molecule has 0 saturated carbocycles. The molecular weight excluding hydrogens is 180 g/mol. The van der Waals surface area contributed by atoms with Gasteiger partial charge in [-0.05, 0) is 19.1 Å². The summed E-state index contributed by atoms with van der Waals surface area (Å²) in [7, 11) is 1.33. The SMILES string of the molecule is COC(=O)C(C)(N)Cc1ccccn1. The number of aromatic nitrogens is 1. The number of methoxy groups -OCH3 is 1. The maximum Gasteiger partial charge on any atom is 0.325 e. The molecule has 0 aromatic carbocycles. The minimum Gasteiger partial charge on any atom is -0.468 e. The molecule has 4 heteroatoms. The highest BCUT2D eigenvalue weighted by atomic mass is 16.5. The summed E-state index contributed by atoms with van der Waals surface area (Å²) in [5, 5.41) is 0. The molecule has 4 nitrogen and oxygen atoms in total. The summed E-state index contributed by atoms with van der Waals surface area (Å²) in [5.74, 6) is -0.428. The third-order valence-corrected chi connectivity index (χ3v) is 1.93. The second kappa shape index (κ2) is 4.19. The molecule has 1 unspecified atom stereocenters. The first kappa shape index (κ1) is 10.7. The van der Waals surface area contributed by atoms with Crippen LogP contribution >= 0.6 is 0 Å². The van der Waals surface area contributed by atoms with Gasteiger partial charge in [0.1, 0.15) is 5.54 Å². The zero-order chi connectivity index (χ0) is 10.6. The molecule has 0 amide bonds. The van der Waals surface area contributed by atoms with Crippen molar-refractivity contribution in [2.75, 3.05) is 7.11 Å². The Morgan fingerprint density at radius 2 is 2.36 bits per heavy atom.